The van der Waals surface area contributed by atoms with Crippen LogP contribution in [0.25, 0.3) is 10.9 Å². The fraction of sp³-hybridized carbons (Fsp3) is 0.222. The van der Waals surface area contributed by atoms with Gasteiger partial charge in [0.2, 0.25) is 0 Å². The van der Waals surface area contributed by atoms with Crippen LogP contribution in [0, 0.1) is 11.6 Å². The zero-order valence-corrected chi connectivity index (χ0v) is 27.8. The van der Waals surface area contributed by atoms with Crippen molar-refractivity contribution in [3.05, 3.63) is 131 Å². The van der Waals surface area contributed by atoms with Gasteiger partial charge in [-0.05, 0) is 74.1 Å². The van der Waals surface area contributed by atoms with Gasteiger partial charge in [0.15, 0.2) is 15.4 Å². The van der Waals surface area contributed by atoms with Crippen molar-refractivity contribution >= 4 is 43.8 Å². The predicted octanol–water partition coefficient (Wildman–Crippen LogP) is 7.81. The summed E-state index contributed by atoms with van der Waals surface area (Å²) in [6.07, 6.45) is 5.09. The normalized spacial score (nSPS) is 16.6. The fourth-order valence-electron chi connectivity index (χ4n) is 5.79. The lowest BCUT2D eigenvalue weighted by Gasteiger charge is -2.40. The average Bonchev–Trinajstić information content (AvgIpc) is 3.58. The number of sulfone groups is 1. The summed E-state index contributed by atoms with van der Waals surface area (Å²) in [7, 11) is -1.72. The number of likely N-dealkylation sites (N-methyl/N-ethyl adjacent to an activating group) is 1. The molecule has 2 atom stereocenters. The van der Waals surface area contributed by atoms with E-state index in [1.807, 2.05) is 17.9 Å². The van der Waals surface area contributed by atoms with Crippen molar-refractivity contribution in [2.45, 2.75) is 36.5 Å². The third kappa shape index (κ3) is 6.99. The first kappa shape index (κ1) is 33.3. The Balaban J connectivity index is 1.24. The molecule has 248 valence electrons. The third-order valence-corrected chi connectivity index (χ3v) is 10.6. The fourth-order valence-corrected chi connectivity index (χ4v) is 7.36. The molecule has 0 spiro atoms. The van der Waals surface area contributed by atoms with Crippen LogP contribution in [0.15, 0.2) is 108 Å². The number of nitrogens with one attached hydrogen (secondary N) is 1. The second-order valence-corrected chi connectivity index (χ2v) is 14.1. The molecule has 0 aliphatic carbocycles. The topological polar surface area (TPSA) is 93.7 Å². The Labute approximate surface area is 282 Å². The summed E-state index contributed by atoms with van der Waals surface area (Å²) in [6.45, 7) is 2.24. The monoisotopic (exact) mass is 690 g/mol. The van der Waals surface area contributed by atoms with Crippen LogP contribution in [0.3, 0.4) is 0 Å². The second-order valence-electron chi connectivity index (χ2n) is 11.6. The molecule has 0 saturated heterocycles. The molecule has 0 fully saturated rings. The van der Waals surface area contributed by atoms with Crippen LogP contribution >= 0.6 is 11.6 Å². The van der Waals surface area contributed by atoms with E-state index in [0.29, 0.717) is 50.7 Å². The number of rotatable bonds is 12. The van der Waals surface area contributed by atoms with Crippen LogP contribution in [-0.2, 0) is 26.8 Å². The van der Waals surface area contributed by atoms with E-state index < -0.39 is 27.3 Å². The van der Waals surface area contributed by atoms with E-state index in [-0.39, 0.29) is 29.6 Å². The minimum Gasteiger partial charge on any atom is -0.488 e. The van der Waals surface area contributed by atoms with Crippen molar-refractivity contribution in [2.24, 2.45) is 0 Å². The van der Waals surface area contributed by atoms with Crippen LogP contribution in [0.4, 0.5) is 20.3 Å². The summed E-state index contributed by atoms with van der Waals surface area (Å²) in [6, 6.07) is 22.2. The molecule has 0 saturated carbocycles. The molecule has 0 radical (unpaired) electrons. The summed E-state index contributed by atoms with van der Waals surface area (Å²) in [5, 5.41) is 4.13. The second kappa shape index (κ2) is 13.9. The average molecular weight is 691 g/mol. The van der Waals surface area contributed by atoms with Gasteiger partial charge in [-0.1, -0.05) is 41.9 Å². The van der Waals surface area contributed by atoms with Crippen molar-refractivity contribution < 1.29 is 26.7 Å². The number of fused-ring (bicyclic) bond motifs is 1. The number of ether oxygens (including phenoxy) is 2. The Morgan fingerprint density at radius 3 is 2.58 bits per heavy atom. The van der Waals surface area contributed by atoms with Gasteiger partial charge >= 0.3 is 0 Å². The molecule has 12 heteroatoms. The minimum atomic E-state index is -3.52. The highest BCUT2D eigenvalue weighted by Crippen LogP contribution is 2.43. The number of halogens is 3. The van der Waals surface area contributed by atoms with Gasteiger partial charge in [0.25, 0.3) is 0 Å². The molecule has 0 bridgehead atoms. The van der Waals surface area contributed by atoms with E-state index in [4.69, 9.17) is 21.1 Å². The number of hydrogen-bond donors (Lipinski definition) is 1. The summed E-state index contributed by atoms with van der Waals surface area (Å²) in [4.78, 5) is 10.9. The molecule has 5 aromatic rings. The Morgan fingerprint density at radius 2 is 1.85 bits per heavy atom. The van der Waals surface area contributed by atoms with Crippen molar-refractivity contribution in [3.8, 4) is 5.75 Å². The Hall–Kier alpha value is -4.58. The van der Waals surface area contributed by atoms with E-state index in [1.54, 1.807) is 80.0 Å². The van der Waals surface area contributed by atoms with Crippen LogP contribution in [0.5, 0.6) is 5.75 Å². The molecular weight excluding hydrogens is 658 g/mol. The standard InChI is InChI=1S/C36H33ClF2N4O4S/c1-24(43(2)15-17-48(44,45)28-10-4-3-5-11-28)36(14-7-16-47-36)30-20-29-33(21-32(30)39)40-23-41-35(29)42-27-12-13-34(31(37)19-27)46-22-25-8-6-9-26(38)18-25/h3-13,16,18-21,23-24H,14-15,17,22H2,1-2H3,(H,40,41,42). The molecular formula is C36H33ClF2N4O4S. The van der Waals surface area contributed by atoms with Crippen LogP contribution in [0.1, 0.15) is 24.5 Å². The molecule has 4 aromatic carbocycles. The van der Waals surface area contributed by atoms with Gasteiger partial charge in [-0.25, -0.2) is 27.2 Å². The number of benzene rings is 4. The largest absolute Gasteiger partial charge is 0.488 e. The molecule has 6 rings (SSSR count). The Morgan fingerprint density at radius 1 is 1.04 bits per heavy atom. The van der Waals surface area contributed by atoms with E-state index in [9.17, 15) is 12.8 Å². The summed E-state index contributed by atoms with van der Waals surface area (Å²) < 4.78 is 67.4. The number of aromatic nitrogens is 2. The first-order valence-electron chi connectivity index (χ1n) is 15.3. The van der Waals surface area contributed by atoms with Crippen LogP contribution < -0.4 is 10.1 Å². The van der Waals surface area contributed by atoms with Gasteiger partial charge < -0.3 is 14.8 Å². The highest BCUT2D eigenvalue weighted by molar-refractivity contribution is 7.91. The highest BCUT2D eigenvalue weighted by Gasteiger charge is 2.45. The zero-order chi connectivity index (χ0) is 33.9. The highest BCUT2D eigenvalue weighted by atomic mass is 35.5. The van der Waals surface area contributed by atoms with Crippen molar-refractivity contribution in [1.29, 1.82) is 0 Å². The molecule has 1 N–H and O–H groups in total. The van der Waals surface area contributed by atoms with Gasteiger partial charge in [0.05, 0.1) is 33.5 Å². The minimum absolute atomic E-state index is 0.110. The first-order chi connectivity index (χ1) is 23.1. The lowest BCUT2D eigenvalue weighted by molar-refractivity contribution is -0.0332. The molecule has 8 nitrogen and oxygen atoms in total. The van der Waals surface area contributed by atoms with E-state index >= 15 is 4.39 Å². The SMILES string of the molecule is CC(N(C)CCS(=O)(=O)c1ccccc1)C1(c2cc3c(Nc4ccc(OCc5cccc(F)c5)c(Cl)c4)ncnc3cc2F)CC=CO1. The quantitative estimate of drug-likeness (QED) is 0.142. The molecule has 2 unspecified atom stereocenters. The maximum atomic E-state index is 16.0. The Bertz CT molecular complexity index is 2070. The molecule has 1 aliphatic heterocycles. The smallest absolute Gasteiger partial charge is 0.179 e. The van der Waals surface area contributed by atoms with Gasteiger partial charge in [-0.3, -0.25) is 4.90 Å². The van der Waals surface area contributed by atoms with Crippen molar-refractivity contribution in [3.63, 3.8) is 0 Å². The maximum absolute atomic E-state index is 16.0. The zero-order valence-electron chi connectivity index (χ0n) is 26.2. The van der Waals surface area contributed by atoms with E-state index in [1.165, 1.54) is 24.5 Å². The van der Waals surface area contributed by atoms with Crippen LogP contribution in [-0.4, -0.2) is 48.7 Å². The Kier molecular flexibility index (Phi) is 9.63. The van der Waals surface area contributed by atoms with E-state index in [0.717, 1.165) is 0 Å². The first-order valence-corrected chi connectivity index (χ1v) is 17.3. The maximum Gasteiger partial charge on any atom is 0.179 e. The molecule has 2 heterocycles. The lowest BCUT2D eigenvalue weighted by atomic mass is 9.83. The van der Waals surface area contributed by atoms with Gasteiger partial charge in [0.1, 0.15) is 36.1 Å². The number of nitrogens with zero attached hydrogens (tertiary/aromatic N) is 3. The predicted molar refractivity (Wildman–Crippen MR) is 182 cm³/mol. The lowest BCUT2D eigenvalue weighted by Crippen LogP contribution is -2.49. The van der Waals surface area contributed by atoms with Crippen molar-refractivity contribution in [2.75, 3.05) is 24.7 Å². The van der Waals surface area contributed by atoms with Gasteiger partial charge in [-0.2, -0.15) is 0 Å². The third-order valence-electron chi connectivity index (χ3n) is 8.60. The van der Waals surface area contributed by atoms with E-state index in [2.05, 4.69) is 15.3 Å². The summed E-state index contributed by atoms with van der Waals surface area (Å²) in [5.74, 6) is -0.122. The van der Waals surface area contributed by atoms with Gasteiger partial charge in [0, 0.05) is 35.7 Å². The number of anilines is 2. The van der Waals surface area contributed by atoms with Gasteiger partial charge in [-0.15, -0.1) is 0 Å². The summed E-state index contributed by atoms with van der Waals surface area (Å²) in [5.41, 5.74) is 0.805. The number of hydrogen-bond acceptors (Lipinski definition) is 8. The molecule has 1 aromatic heterocycles. The molecule has 0 amide bonds. The van der Waals surface area contributed by atoms with Crippen LogP contribution in [0.2, 0.25) is 5.02 Å². The van der Waals surface area contributed by atoms with Crippen molar-refractivity contribution in [1.82, 2.24) is 14.9 Å². The molecule has 48 heavy (non-hydrogen) atoms. The summed E-state index contributed by atoms with van der Waals surface area (Å²) >= 11 is 6.53. The molecule has 1 aliphatic rings.